The van der Waals surface area contributed by atoms with Crippen molar-refractivity contribution in [1.82, 2.24) is 10.3 Å². The number of hydrogen-bond acceptors (Lipinski definition) is 4. The lowest BCUT2D eigenvalue weighted by Crippen LogP contribution is -2.25. The number of nitrogens with one attached hydrogen (secondary N) is 2. The highest BCUT2D eigenvalue weighted by atomic mass is 35.5. The predicted molar refractivity (Wildman–Crippen MR) is 107 cm³/mol. The molecule has 9 heteroatoms. The van der Waals surface area contributed by atoms with Crippen LogP contribution in [0.1, 0.15) is 21.5 Å². The lowest BCUT2D eigenvalue weighted by Gasteiger charge is -2.09. The van der Waals surface area contributed by atoms with Gasteiger partial charge in [0.05, 0.1) is 12.4 Å². The van der Waals surface area contributed by atoms with Gasteiger partial charge in [-0.2, -0.15) is 0 Å². The lowest BCUT2D eigenvalue weighted by molar-refractivity contribution is 0.0942. The fourth-order valence-corrected chi connectivity index (χ4v) is 2.61. The molecule has 3 aromatic rings. The van der Waals surface area contributed by atoms with E-state index in [0.29, 0.717) is 16.3 Å². The summed E-state index contributed by atoms with van der Waals surface area (Å²) >= 11 is 5.80. The summed E-state index contributed by atoms with van der Waals surface area (Å²) in [5, 5.41) is 5.60. The van der Waals surface area contributed by atoms with Crippen LogP contribution in [0.3, 0.4) is 0 Å². The minimum absolute atomic E-state index is 0.0430. The number of rotatable bonds is 6. The zero-order valence-electron chi connectivity index (χ0n) is 15.5. The standard InChI is InChI=1S/C21H16ClF2N3O3/c22-15-5-1-14(2-6-15)12-30-21(29)27-16-7-3-13(4-8-16)9-26-20(28)19-17(23)10-25-11-18(19)24/h1-8,10-11H,9,12H2,(H,26,28)(H,27,29). The van der Waals surface area contributed by atoms with Crippen LogP contribution in [-0.4, -0.2) is 17.0 Å². The summed E-state index contributed by atoms with van der Waals surface area (Å²) in [5.74, 6) is -2.96. The Hall–Kier alpha value is -3.52. The Labute approximate surface area is 175 Å². The molecule has 0 fully saturated rings. The van der Waals surface area contributed by atoms with Crippen molar-refractivity contribution in [3.05, 3.63) is 94.3 Å². The first kappa shape index (κ1) is 21.2. The number of anilines is 1. The summed E-state index contributed by atoms with van der Waals surface area (Å²) in [6, 6.07) is 13.4. The third-order valence-electron chi connectivity index (χ3n) is 4.02. The number of amides is 2. The first-order valence-corrected chi connectivity index (χ1v) is 9.14. The normalized spacial score (nSPS) is 10.4. The maximum absolute atomic E-state index is 13.6. The van der Waals surface area contributed by atoms with Gasteiger partial charge in [0, 0.05) is 17.3 Å². The number of halogens is 3. The minimum atomic E-state index is -1.04. The molecule has 154 valence electrons. The maximum Gasteiger partial charge on any atom is 0.411 e. The van der Waals surface area contributed by atoms with Gasteiger partial charge in [-0.3, -0.25) is 15.1 Å². The van der Waals surface area contributed by atoms with Crippen LogP contribution >= 0.6 is 11.6 Å². The van der Waals surface area contributed by atoms with Crippen molar-refractivity contribution in [3.8, 4) is 0 Å². The number of pyridine rings is 1. The third-order valence-corrected chi connectivity index (χ3v) is 4.27. The molecule has 6 nitrogen and oxygen atoms in total. The Morgan fingerprint density at radius 3 is 2.17 bits per heavy atom. The third kappa shape index (κ3) is 5.74. The number of ether oxygens (including phenoxy) is 1. The highest BCUT2D eigenvalue weighted by molar-refractivity contribution is 6.30. The van der Waals surface area contributed by atoms with Gasteiger partial charge in [0.25, 0.3) is 5.91 Å². The molecule has 0 aliphatic carbocycles. The summed E-state index contributed by atoms with van der Waals surface area (Å²) in [6.45, 7) is 0.135. The molecular weight excluding hydrogens is 416 g/mol. The summed E-state index contributed by atoms with van der Waals surface area (Å²) in [5.41, 5.74) is 1.25. The average molecular weight is 432 g/mol. The first-order valence-electron chi connectivity index (χ1n) is 8.77. The van der Waals surface area contributed by atoms with Gasteiger partial charge in [-0.1, -0.05) is 35.9 Å². The van der Waals surface area contributed by atoms with Gasteiger partial charge in [0.1, 0.15) is 12.2 Å². The molecule has 0 saturated carbocycles. The molecule has 1 heterocycles. The fourth-order valence-electron chi connectivity index (χ4n) is 2.49. The van der Waals surface area contributed by atoms with E-state index in [1.54, 1.807) is 48.5 Å². The Morgan fingerprint density at radius 1 is 0.933 bits per heavy atom. The molecule has 0 radical (unpaired) electrons. The zero-order chi connectivity index (χ0) is 21.5. The van der Waals surface area contributed by atoms with Crippen LogP contribution in [0, 0.1) is 11.6 Å². The van der Waals surface area contributed by atoms with E-state index >= 15 is 0 Å². The van der Waals surface area contributed by atoms with E-state index in [0.717, 1.165) is 18.0 Å². The number of hydrogen-bond donors (Lipinski definition) is 2. The summed E-state index contributed by atoms with van der Waals surface area (Å²) in [6.07, 6.45) is 0.907. The topological polar surface area (TPSA) is 80.3 Å². The molecule has 2 N–H and O–H groups in total. The summed E-state index contributed by atoms with van der Waals surface area (Å²) in [7, 11) is 0. The van der Waals surface area contributed by atoms with Crippen molar-refractivity contribution in [2.45, 2.75) is 13.2 Å². The van der Waals surface area contributed by atoms with Crippen molar-refractivity contribution >= 4 is 29.3 Å². The Kier molecular flexibility index (Phi) is 6.92. The number of carbonyl (C=O) groups is 2. The van der Waals surface area contributed by atoms with Gasteiger partial charge in [0.2, 0.25) is 0 Å². The highest BCUT2D eigenvalue weighted by Crippen LogP contribution is 2.14. The Bertz CT molecular complexity index is 1020. The molecule has 0 aliphatic heterocycles. The van der Waals surface area contributed by atoms with Crippen LogP contribution < -0.4 is 10.6 Å². The quantitative estimate of drug-likeness (QED) is 0.593. The Morgan fingerprint density at radius 2 is 1.53 bits per heavy atom. The van der Waals surface area contributed by atoms with Gasteiger partial charge in [-0.25, -0.2) is 13.6 Å². The highest BCUT2D eigenvalue weighted by Gasteiger charge is 2.17. The average Bonchev–Trinajstić information content (AvgIpc) is 2.73. The van der Waals surface area contributed by atoms with Crippen LogP contribution in [-0.2, 0) is 17.9 Å². The molecule has 30 heavy (non-hydrogen) atoms. The van der Waals surface area contributed by atoms with E-state index in [9.17, 15) is 18.4 Å². The largest absolute Gasteiger partial charge is 0.444 e. The van der Waals surface area contributed by atoms with Crippen LogP contribution in [0.4, 0.5) is 19.3 Å². The molecule has 0 atom stereocenters. The maximum atomic E-state index is 13.6. The van der Waals surface area contributed by atoms with Crippen molar-refractivity contribution in [1.29, 1.82) is 0 Å². The fraction of sp³-hybridized carbons (Fsp3) is 0.0952. The minimum Gasteiger partial charge on any atom is -0.444 e. The first-order chi connectivity index (χ1) is 14.4. The molecule has 0 bridgehead atoms. The molecule has 3 rings (SSSR count). The van der Waals surface area contributed by atoms with Crippen molar-refractivity contribution in [2.75, 3.05) is 5.32 Å². The van der Waals surface area contributed by atoms with Gasteiger partial charge in [-0.15, -0.1) is 0 Å². The van der Waals surface area contributed by atoms with Gasteiger partial charge in [-0.05, 0) is 35.4 Å². The van der Waals surface area contributed by atoms with E-state index < -0.39 is 29.2 Å². The van der Waals surface area contributed by atoms with E-state index in [4.69, 9.17) is 16.3 Å². The monoisotopic (exact) mass is 431 g/mol. The second-order valence-corrected chi connectivity index (χ2v) is 6.62. The smallest absolute Gasteiger partial charge is 0.411 e. The van der Waals surface area contributed by atoms with E-state index in [1.165, 1.54) is 0 Å². The van der Waals surface area contributed by atoms with Gasteiger partial charge in [0.15, 0.2) is 11.6 Å². The number of nitrogens with zero attached hydrogens (tertiary/aromatic N) is 1. The second-order valence-electron chi connectivity index (χ2n) is 6.19. The molecule has 2 amide bonds. The van der Waals surface area contributed by atoms with Crippen molar-refractivity contribution in [3.63, 3.8) is 0 Å². The molecular formula is C21H16ClF2N3O3. The predicted octanol–water partition coefficient (Wildman–Crippen LogP) is 4.69. The number of aromatic nitrogens is 1. The molecule has 1 aromatic heterocycles. The second kappa shape index (κ2) is 9.80. The zero-order valence-corrected chi connectivity index (χ0v) is 16.2. The molecule has 0 spiro atoms. The Balaban J connectivity index is 1.49. The molecule has 0 saturated heterocycles. The van der Waals surface area contributed by atoms with E-state index in [1.807, 2.05) is 0 Å². The number of benzene rings is 2. The van der Waals surface area contributed by atoms with Crippen LogP contribution in [0.25, 0.3) is 0 Å². The molecule has 2 aromatic carbocycles. The van der Waals surface area contributed by atoms with Gasteiger partial charge < -0.3 is 10.1 Å². The van der Waals surface area contributed by atoms with E-state index in [-0.39, 0.29) is 13.2 Å². The number of carbonyl (C=O) groups excluding carboxylic acids is 2. The summed E-state index contributed by atoms with van der Waals surface area (Å²) in [4.78, 5) is 27.2. The van der Waals surface area contributed by atoms with Crippen molar-refractivity contribution in [2.24, 2.45) is 0 Å². The van der Waals surface area contributed by atoms with Crippen LogP contribution in [0.5, 0.6) is 0 Å². The van der Waals surface area contributed by atoms with E-state index in [2.05, 4.69) is 15.6 Å². The van der Waals surface area contributed by atoms with Crippen LogP contribution in [0.2, 0.25) is 5.02 Å². The lowest BCUT2D eigenvalue weighted by atomic mass is 10.2. The molecule has 0 aliphatic rings. The van der Waals surface area contributed by atoms with Crippen molar-refractivity contribution < 1.29 is 23.1 Å². The molecule has 0 unspecified atom stereocenters. The summed E-state index contributed by atoms with van der Waals surface area (Å²) < 4.78 is 32.3. The SMILES string of the molecule is O=C(Nc1ccc(CNC(=O)c2c(F)cncc2F)cc1)OCc1ccc(Cl)cc1. The van der Waals surface area contributed by atoms with Crippen LogP contribution in [0.15, 0.2) is 60.9 Å². The van der Waals surface area contributed by atoms with Gasteiger partial charge >= 0.3 is 6.09 Å².